The molecule has 28 heavy (non-hydrogen) atoms. The lowest BCUT2D eigenvalue weighted by molar-refractivity contribution is -0.129. The van der Waals surface area contributed by atoms with Crippen LogP contribution in [-0.2, 0) is 9.53 Å². The quantitative estimate of drug-likeness (QED) is 0.506. The maximum atomic E-state index is 12.3. The number of carbonyl (C=O) groups excluding carboxylic acids is 1. The summed E-state index contributed by atoms with van der Waals surface area (Å²) in [7, 11) is 0. The maximum Gasteiger partial charge on any atom is 0.363 e. The molecule has 0 radical (unpaired) electrons. The summed E-state index contributed by atoms with van der Waals surface area (Å²) in [5.41, 5.74) is 2.87. The van der Waals surface area contributed by atoms with E-state index in [4.69, 9.17) is 14.2 Å². The summed E-state index contributed by atoms with van der Waals surface area (Å²) < 4.78 is 17.0. The minimum absolute atomic E-state index is 0.0921. The van der Waals surface area contributed by atoms with Crippen LogP contribution in [0.2, 0.25) is 0 Å². The van der Waals surface area contributed by atoms with Crippen LogP contribution < -0.4 is 9.47 Å². The van der Waals surface area contributed by atoms with E-state index in [1.165, 1.54) is 0 Å². The molecule has 0 N–H and O–H groups in total. The van der Waals surface area contributed by atoms with Crippen LogP contribution in [0, 0.1) is 6.92 Å². The third kappa shape index (κ3) is 4.42. The Labute approximate surface area is 165 Å². The van der Waals surface area contributed by atoms with Gasteiger partial charge in [0.25, 0.3) is 0 Å². The summed E-state index contributed by atoms with van der Waals surface area (Å²) in [6.45, 7) is 8.49. The first-order valence-corrected chi connectivity index (χ1v) is 9.53. The van der Waals surface area contributed by atoms with E-state index in [0.29, 0.717) is 24.0 Å². The zero-order chi connectivity index (χ0) is 20.1. The van der Waals surface area contributed by atoms with E-state index in [2.05, 4.69) is 11.9 Å². The van der Waals surface area contributed by atoms with Crippen molar-refractivity contribution in [3.05, 3.63) is 64.9 Å². The number of cyclic esters (lactones) is 1. The second kappa shape index (κ2) is 8.74. The highest BCUT2D eigenvalue weighted by Gasteiger charge is 2.25. The average Bonchev–Trinajstić information content (AvgIpc) is 3.04. The number of nitrogens with zero attached hydrogens (tertiary/aromatic N) is 1. The van der Waals surface area contributed by atoms with Crippen LogP contribution in [0.1, 0.15) is 43.9 Å². The van der Waals surface area contributed by atoms with E-state index in [1.807, 2.05) is 63.2 Å². The van der Waals surface area contributed by atoms with E-state index in [-0.39, 0.29) is 11.8 Å². The Balaban J connectivity index is 1.91. The molecular weight excluding hydrogens is 354 g/mol. The van der Waals surface area contributed by atoms with Gasteiger partial charge < -0.3 is 14.2 Å². The molecule has 0 aromatic heterocycles. The molecule has 1 atom stereocenters. The van der Waals surface area contributed by atoms with Crippen molar-refractivity contribution in [3.8, 4) is 11.5 Å². The van der Waals surface area contributed by atoms with Gasteiger partial charge in [0, 0.05) is 5.56 Å². The minimum Gasteiger partial charge on any atom is -0.490 e. The summed E-state index contributed by atoms with van der Waals surface area (Å²) in [5, 5.41) is 0. The predicted molar refractivity (Wildman–Crippen MR) is 110 cm³/mol. The van der Waals surface area contributed by atoms with Crippen LogP contribution >= 0.6 is 0 Å². The number of rotatable bonds is 7. The molecule has 0 bridgehead atoms. The van der Waals surface area contributed by atoms with Gasteiger partial charge in [0.05, 0.1) is 12.7 Å². The Kier molecular flexibility index (Phi) is 6.14. The van der Waals surface area contributed by atoms with Crippen molar-refractivity contribution >= 4 is 17.9 Å². The Hall–Kier alpha value is -3.08. The molecule has 1 unspecified atom stereocenters. The van der Waals surface area contributed by atoms with Crippen LogP contribution in [0.5, 0.6) is 11.5 Å². The number of aryl methyl sites for hydroxylation is 1. The fraction of sp³-hybridized carbons (Fsp3) is 0.304. The molecule has 5 nitrogen and oxygen atoms in total. The first-order chi connectivity index (χ1) is 13.5. The Bertz CT molecular complexity index is 930. The molecule has 1 aliphatic heterocycles. The highest BCUT2D eigenvalue weighted by molar-refractivity contribution is 6.13. The highest BCUT2D eigenvalue weighted by Crippen LogP contribution is 2.31. The van der Waals surface area contributed by atoms with E-state index in [9.17, 15) is 4.79 Å². The van der Waals surface area contributed by atoms with Crippen molar-refractivity contribution < 1.29 is 19.0 Å². The lowest BCUT2D eigenvalue weighted by atomic mass is 10.1. The summed E-state index contributed by atoms with van der Waals surface area (Å²) in [5.74, 6) is 1.20. The fourth-order valence-electron chi connectivity index (χ4n) is 2.78. The van der Waals surface area contributed by atoms with Crippen LogP contribution in [0.3, 0.4) is 0 Å². The van der Waals surface area contributed by atoms with E-state index in [0.717, 1.165) is 23.1 Å². The SMILES string of the molecule is CCOc1cc(/C=C2\N=C(c3ccccc3C)OC2=O)ccc1OC(C)CC. The number of benzene rings is 2. The molecule has 1 heterocycles. The van der Waals surface area contributed by atoms with Crippen LogP contribution in [0.4, 0.5) is 0 Å². The molecule has 0 aliphatic carbocycles. The largest absolute Gasteiger partial charge is 0.490 e. The van der Waals surface area contributed by atoms with Gasteiger partial charge >= 0.3 is 5.97 Å². The summed E-state index contributed by atoms with van der Waals surface area (Å²) in [6.07, 6.45) is 2.69. The van der Waals surface area contributed by atoms with Gasteiger partial charge in [0.2, 0.25) is 5.90 Å². The Morgan fingerprint density at radius 1 is 1.14 bits per heavy atom. The third-order valence-corrected chi connectivity index (χ3v) is 4.47. The highest BCUT2D eigenvalue weighted by atomic mass is 16.6. The van der Waals surface area contributed by atoms with Gasteiger partial charge in [0.1, 0.15) is 0 Å². The number of ether oxygens (including phenoxy) is 3. The third-order valence-electron chi connectivity index (χ3n) is 4.47. The topological polar surface area (TPSA) is 57.1 Å². The van der Waals surface area contributed by atoms with Gasteiger partial charge in [-0.2, -0.15) is 0 Å². The monoisotopic (exact) mass is 379 g/mol. The number of carbonyl (C=O) groups is 1. The van der Waals surface area contributed by atoms with Crippen molar-refractivity contribution in [3.63, 3.8) is 0 Å². The fourth-order valence-corrected chi connectivity index (χ4v) is 2.78. The van der Waals surface area contributed by atoms with Crippen molar-refractivity contribution in [2.75, 3.05) is 6.61 Å². The molecule has 2 aromatic rings. The second-order valence-electron chi connectivity index (χ2n) is 6.63. The van der Waals surface area contributed by atoms with Gasteiger partial charge in [-0.25, -0.2) is 9.79 Å². The molecule has 3 rings (SSSR count). The molecule has 146 valence electrons. The van der Waals surface area contributed by atoms with E-state index < -0.39 is 5.97 Å². The number of hydrogen-bond acceptors (Lipinski definition) is 5. The van der Waals surface area contributed by atoms with Crippen LogP contribution in [0.15, 0.2) is 53.2 Å². The zero-order valence-electron chi connectivity index (χ0n) is 16.7. The first kappa shape index (κ1) is 19.7. The van der Waals surface area contributed by atoms with Crippen molar-refractivity contribution in [1.29, 1.82) is 0 Å². The smallest absolute Gasteiger partial charge is 0.363 e. The minimum atomic E-state index is -0.462. The molecule has 0 saturated heterocycles. The Morgan fingerprint density at radius 3 is 2.64 bits per heavy atom. The molecule has 2 aromatic carbocycles. The molecule has 5 heteroatoms. The first-order valence-electron chi connectivity index (χ1n) is 9.53. The van der Waals surface area contributed by atoms with E-state index in [1.54, 1.807) is 6.08 Å². The van der Waals surface area contributed by atoms with Gasteiger partial charge in [-0.05, 0) is 62.6 Å². The summed E-state index contributed by atoms with van der Waals surface area (Å²) in [4.78, 5) is 16.7. The lowest BCUT2D eigenvalue weighted by Gasteiger charge is -2.16. The molecule has 0 amide bonds. The van der Waals surface area contributed by atoms with Gasteiger partial charge in [-0.1, -0.05) is 31.2 Å². The van der Waals surface area contributed by atoms with Crippen LogP contribution in [0.25, 0.3) is 6.08 Å². The summed E-state index contributed by atoms with van der Waals surface area (Å²) >= 11 is 0. The predicted octanol–water partition coefficient (Wildman–Crippen LogP) is 4.92. The summed E-state index contributed by atoms with van der Waals surface area (Å²) in [6, 6.07) is 13.3. The molecule has 0 saturated carbocycles. The van der Waals surface area contributed by atoms with Crippen molar-refractivity contribution in [1.82, 2.24) is 0 Å². The lowest BCUT2D eigenvalue weighted by Crippen LogP contribution is -2.11. The van der Waals surface area contributed by atoms with Gasteiger partial charge in [0.15, 0.2) is 17.2 Å². The van der Waals surface area contributed by atoms with E-state index >= 15 is 0 Å². The standard InChI is InChI=1S/C23H25NO4/c1-5-16(4)27-20-12-11-17(14-21(20)26-6-2)13-19-23(25)28-22(24-19)18-10-8-7-9-15(18)3/h7-14,16H,5-6H2,1-4H3/b19-13-. The van der Waals surface area contributed by atoms with Crippen molar-refractivity contribution in [2.24, 2.45) is 4.99 Å². The maximum absolute atomic E-state index is 12.3. The number of esters is 1. The number of aliphatic imine (C=N–C) groups is 1. The molecule has 0 spiro atoms. The number of hydrogen-bond donors (Lipinski definition) is 0. The normalized spacial score (nSPS) is 15.9. The molecular formula is C23H25NO4. The molecule has 0 fully saturated rings. The van der Waals surface area contributed by atoms with Crippen LogP contribution in [-0.4, -0.2) is 24.6 Å². The van der Waals surface area contributed by atoms with Crippen molar-refractivity contribution in [2.45, 2.75) is 40.2 Å². The second-order valence-corrected chi connectivity index (χ2v) is 6.63. The average molecular weight is 379 g/mol. The van der Waals surface area contributed by atoms with Gasteiger partial charge in [-0.15, -0.1) is 0 Å². The molecule has 1 aliphatic rings. The van der Waals surface area contributed by atoms with Gasteiger partial charge in [-0.3, -0.25) is 0 Å². The zero-order valence-corrected chi connectivity index (χ0v) is 16.7. The Morgan fingerprint density at radius 2 is 1.93 bits per heavy atom.